The largest absolute Gasteiger partial charge is 0.354 e. The molecule has 0 radical (unpaired) electrons. The van der Waals surface area contributed by atoms with Crippen molar-refractivity contribution in [3.8, 4) is 10.7 Å². The number of carbonyl (C=O) groups excluding carboxylic acids is 1. The minimum absolute atomic E-state index is 0.00722. The molecular formula is C13H16N4OS2. The third kappa shape index (κ3) is 2.69. The summed E-state index contributed by atoms with van der Waals surface area (Å²) in [5, 5.41) is 12.0. The van der Waals surface area contributed by atoms with Crippen LogP contribution in [0.4, 0.5) is 0 Å². The van der Waals surface area contributed by atoms with Gasteiger partial charge in [-0.15, -0.1) is 11.3 Å². The van der Waals surface area contributed by atoms with Gasteiger partial charge in [0.25, 0.3) is 0 Å². The molecule has 106 valence electrons. The molecule has 0 bridgehead atoms. The first-order valence-electron chi connectivity index (χ1n) is 6.65. The number of aromatic nitrogens is 3. The van der Waals surface area contributed by atoms with Gasteiger partial charge in [-0.25, -0.2) is 0 Å². The Balaban J connectivity index is 1.83. The number of nitrogens with one attached hydrogen (secondary N) is 2. The monoisotopic (exact) mass is 308 g/mol. The molecule has 1 fully saturated rings. The van der Waals surface area contributed by atoms with Crippen LogP contribution in [0.25, 0.3) is 10.7 Å². The van der Waals surface area contributed by atoms with E-state index in [1.54, 1.807) is 15.9 Å². The molecule has 1 aliphatic carbocycles. The second-order valence-electron chi connectivity index (χ2n) is 5.06. The van der Waals surface area contributed by atoms with Crippen molar-refractivity contribution >= 4 is 29.5 Å². The topological polar surface area (TPSA) is 62.7 Å². The second-order valence-corrected chi connectivity index (χ2v) is 6.40. The van der Waals surface area contributed by atoms with Crippen LogP contribution in [-0.4, -0.2) is 27.2 Å². The lowest BCUT2D eigenvalue weighted by Crippen LogP contribution is -2.32. The highest BCUT2D eigenvalue weighted by molar-refractivity contribution is 7.71. The summed E-state index contributed by atoms with van der Waals surface area (Å²) in [4.78, 5) is 13.2. The molecule has 3 rings (SSSR count). The van der Waals surface area contributed by atoms with E-state index >= 15 is 0 Å². The predicted molar refractivity (Wildman–Crippen MR) is 81.2 cm³/mol. The van der Waals surface area contributed by atoms with E-state index in [1.807, 2.05) is 24.4 Å². The molecule has 1 atom stereocenters. The van der Waals surface area contributed by atoms with Gasteiger partial charge in [0.1, 0.15) is 6.04 Å². The Morgan fingerprint density at radius 1 is 1.70 bits per heavy atom. The fourth-order valence-corrected chi connectivity index (χ4v) is 3.08. The standard InChI is InChI=1S/C13H16N4OS2/c1-8(12(18)14-7-9-4-5-9)17-11(15-16-13(17)19)10-3-2-6-20-10/h2-3,6,8-9H,4-5,7H2,1H3,(H,14,18)(H,16,19)/t8-/m0/s1. The Bertz CT molecular complexity index is 654. The molecule has 0 saturated heterocycles. The Morgan fingerprint density at radius 3 is 3.15 bits per heavy atom. The lowest BCUT2D eigenvalue weighted by atomic mass is 10.3. The molecular weight excluding hydrogens is 292 g/mol. The lowest BCUT2D eigenvalue weighted by molar-refractivity contribution is -0.123. The van der Waals surface area contributed by atoms with Crippen LogP contribution in [0.2, 0.25) is 0 Å². The first kappa shape index (κ1) is 13.5. The van der Waals surface area contributed by atoms with Gasteiger partial charge in [-0.1, -0.05) is 6.07 Å². The number of hydrogen-bond acceptors (Lipinski definition) is 4. The summed E-state index contributed by atoms with van der Waals surface area (Å²) >= 11 is 6.84. The fraction of sp³-hybridized carbons (Fsp3) is 0.462. The zero-order valence-electron chi connectivity index (χ0n) is 11.1. The molecule has 2 N–H and O–H groups in total. The van der Waals surface area contributed by atoms with Crippen molar-refractivity contribution in [3.05, 3.63) is 22.3 Å². The maximum Gasteiger partial charge on any atom is 0.242 e. The van der Waals surface area contributed by atoms with E-state index in [4.69, 9.17) is 12.2 Å². The molecule has 2 aromatic rings. The molecule has 7 heteroatoms. The first-order valence-corrected chi connectivity index (χ1v) is 7.94. The highest BCUT2D eigenvalue weighted by Gasteiger charge is 2.25. The molecule has 2 aromatic heterocycles. The lowest BCUT2D eigenvalue weighted by Gasteiger charge is -2.15. The SMILES string of the molecule is C[C@@H](C(=O)NCC1CC1)n1c(-c2cccs2)n[nH]c1=S. The van der Waals surface area contributed by atoms with Gasteiger partial charge in [-0.3, -0.25) is 14.5 Å². The van der Waals surface area contributed by atoms with Crippen molar-refractivity contribution in [2.45, 2.75) is 25.8 Å². The molecule has 2 heterocycles. The van der Waals surface area contributed by atoms with Crippen molar-refractivity contribution in [1.29, 1.82) is 0 Å². The highest BCUT2D eigenvalue weighted by atomic mass is 32.1. The average molecular weight is 308 g/mol. The summed E-state index contributed by atoms with van der Waals surface area (Å²) in [5.74, 6) is 1.38. The van der Waals surface area contributed by atoms with Crippen LogP contribution in [0.5, 0.6) is 0 Å². The number of thiophene rings is 1. The third-order valence-electron chi connectivity index (χ3n) is 3.47. The van der Waals surface area contributed by atoms with E-state index in [0.717, 1.165) is 17.2 Å². The quantitative estimate of drug-likeness (QED) is 0.835. The van der Waals surface area contributed by atoms with E-state index in [2.05, 4.69) is 15.5 Å². The van der Waals surface area contributed by atoms with Crippen molar-refractivity contribution < 1.29 is 4.79 Å². The number of nitrogens with zero attached hydrogens (tertiary/aromatic N) is 2. The molecule has 1 aliphatic rings. The van der Waals surface area contributed by atoms with Gasteiger partial charge >= 0.3 is 0 Å². The van der Waals surface area contributed by atoms with Crippen LogP contribution in [-0.2, 0) is 4.79 Å². The summed E-state index contributed by atoms with van der Waals surface area (Å²) in [6.45, 7) is 2.62. The fourth-order valence-electron chi connectivity index (χ4n) is 2.08. The number of carbonyl (C=O) groups is 1. The van der Waals surface area contributed by atoms with Gasteiger partial charge < -0.3 is 5.32 Å². The predicted octanol–water partition coefficient (Wildman–Crippen LogP) is 2.76. The Kier molecular flexibility index (Phi) is 3.71. The molecule has 0 unspecified atom stereocenters. The summed E-state index contributed by atoms with van der Waals surface area (Å²) in [6.07, 6.45) is 2.44. The smallest absolute Gasteiger partial charge is 0.242 e. The van der Waals surface area contributed by atoms with Crippen LogP contribution < -0.4 is 5.32 Å². The molecule has 1 amide bonds. The summed E-state index contributed by atoms with van der Waals surface area (Å²) in [5.41, 5.74) is 0. The van der Waals surface area contributed by atoms with Crippen LogP contribution in [0, 0.1) is 10.7 Å². The molecule has 0 aliphatic heterocycles. The number of H-pyrrole nitrogens is 1. The zero-order chi connectivity index (χ0) is 14.1. The number of amides is 1. The summed E-state index contributed by atoms with van der Waals surface area (Å²) < 4.78 is 2.26. The van der Waals surface area contributed by atoms with E-state index in [0.29, 0.717) is 10.7 Å². The normalized spacial score (nSPS) is 16.1. The van der Waals surface area contributed by atoms with Crippen LogP contribution in [0.15, 0.2) is 17.5 Å². The third-order valence-corrected chi connectivity index (χ3v) is 4.63. The van der Waals surface area contributed by atoms with E-state index in [1.165, 1.54) is 12.8 Å². The van der Waals surface area contributed by atoms with Gasteiger partial charge in [0.2, 0.25) is 5.91 Å². The van der Waals surface area contributed by atoms with Gasteiger partial charge in [0.05, 0.1) is 4.88 Å². The van der Waals surface area contributed by atoms with Crippen molar-refractivity contribution in [3.63, 3.8) is 0 Å². The molecule has 5 nitrogen and oxygen atoms in total. The average Bonchev–Trinajstić information content (AvgIpc) is 2.96. The highest BCUT2D eigenvalue weighted by Crippen LogP contribution is 2.28. The number of aromatic amines is 1. The second kappa shape index (κ2) is 5.49. The molecule has 0 aromatic carbocycles. The minimum Gasteiger partial charge on any atom is -0.354 e. The maximum atomic E-state index is 12.2. The van der Waals surface area contributed by atoms with Crippen molar-refractivity contribution in [2.24, 2.45) is 5.92 Å². The molecule has 0 spiro atoms. The number of rotatable bonds is 5. The summed E-state index contributed by atoms with van der Waals surface area (Å²) in [6, 6.07) is 3.57. The Morgan fingerprint density at radius 2 is 2.50 bits per heavy atom. The van der Waals surface area contributed by atoms with Crippen LogP contribution >= 0.6 is 23.6 Å². The first-order chi connectivity index (χ1) is 9.66. The van der Waals surface area contributed by atoms with E-state index in [9.17, 15) is 4.79 Å². The van der Waals surface area contributed by atoms with E-state index < -0.39 is 0 Å². The van der Waals surface area contributed by atoms with Gasteiger partial charge in [-0.05, 0) is 49.3 Å². The van der Waals surface area contributed by atoms with Crippen molar-refractivity contribution in [2.75, 3.05) is 6.54 Å². The van der Waals surface area contributed by atoms with E-state index in [-0.39, 0.29) is 11.9 Å². The van der Waals surface area contributed by atoms with Gasteiger partial charge in [-0.2, -0.15) is 5.10 Å². The Hall–Kier alpha value is -1.47. The Labute approximate surface area is 126 Å². The zero-order valence-corrected chi connectivity index (χ0v) is 12.8. The summed E-state index contributed by atoms with van der Waals surface area (Å²) in [7, 11) is 0. The maximum absolute atomic E-state index is 12.2. The van der Waals surface area contributed by atoms with Crippen molar-refractivity contribution in [1.82, 2.24) is 20.1 Å². The minimum atomic E-state index is -0.364. The number of hydrogen-bond donors (Lipinski definition) is 2. The van der Waals surface area contributed by atoms with Gasteiger partial charge in [0, 0.05) is 6.54 Å². The molecule has 20 heavy (non-hydrogen) atoms. The van der Waals surface area contributed by atoms with Crippen LogP contribution in [0.3, 0.4) is 0 Å². The molecule has 1 saturated carbocycles. The van der Waals surface area contributed by atoms with Crippen LogP contribution in [0.1, 0.15) is 25.8 Å². The van der Waals surface area contributed by atoms with Gasteiger partial charge in [0.15, 0.2) is 10.6 Å².